The van der Waals surface area contributed by atoms with Gasteiger partial charge in [0.1, 0.15) is 11.2 Å². The van der Waals surface area contributed by atoms with E-state index in [9.17, 15) is 14.0 Å². The molecule has 0 unspecified atom stereocenters. The van der Waals surface area contributed by atoms with Crippen LogP contribution in [0.5, 0.6) is 0 Å². The summed E-state index contributed by atoms with van der Waals surface area (Å²) in [6.45, 7) is 0.143. The van der Waals surface area contributed by atoms with E-state index in [-0.39, 0.29) is 18.3 Å². The van der Waals surface area contributed by atoms with Crippen LogP contribution in [0.25, 0.3) is 0 Å². The molecule has 4 nitrogen and oxygen atoms in total. The monoisotopic (exact) mass is 265 g/mol. The molecule has 1 amide bonds. The predicted molar refractivity (Wildman–Crippen MR) is 66.6 cm³/mol. The van der Waals surface area contributed by atoms with E-state index in [1.807, 2.05) is 0 Å². The molecule has 0 atom stereocenters. The number of rotatable bonds is 4. The van der Waals surface area contributed by atoms with Gasteiger partial charge < -0.3 is 9.64 Å². The van der Waals surface area contributed by atoms with Crippen LogP contribution in [0.3, 0.4) is 0 Å². The maximum Gasteiger partial charge on any atom is 0.321 e. The topological polar surface area (TPSA) is 46.6 Å². The highest BCUT2D eigenvalue weighted by Crippen LogP contribution is 2.48. The number of carbonyl (C=O) groups is 2. The van der Waals surface area contributed by atoms with E-state index in [1.54, 1.807) is 25.2 Å². The molecule has 1 aromatic carbocycles. The minimum Gasteiger partial charge on any atom is -0.468 e. The highest BCUT2D eigenvalue weighted by atomic mass is 19.1. The molecule has 0 saturated heterocycles. The van der Waals surface area contributed by atoms with Gasteiger partial charge in [0.15, 0.2) is 0 Å². The molecule has 0 spiro atoms. The molecule has 0 N–H and O–H groups in total. The maximum absolute atomic E-state index is 13.5. The first-order valence-corrected chi connectivity index (χ1v) is 6.08. The Hall–Kier alpha value is -1.91. The average molecular weight is 265 g/mol. The van der Waals surface area contributed by atoms with Crippen molar-refractivity contribution in [3.63, 3.8) is 0 Å². The molecular formula is C14H16FNO3. The number of methoxy groups -OCH3 is 1. The lowest BCUT2D eigenvalue weighted by molar-refractivity contribution is -0.155. The standard InChI is InChI=1S/C14H16FNO3/c1-16(9-10-5-3-4-6-11(10)15)12(17)14(7-8-14)13(18)19-2/h3-6H,7-9H2,1-2H3. The van der Waals surface area contributed by atoms with Gasteiger partial charge in [0.2, 0.25) is 5.91 Å². The maximum atomic E-state index is 13.5. The van der Waals surface area contributed by atoms with Crippen LogP contribution >= 0.6 is 0 Å². The van der Waals surface area contributed by atoms with Crippen LogP contribution in [0.4, 0.5) is 4.39 Å². The SMILES string of the molecule is COC(=O)C1(C(=O)N(C)Cc2ccccc2F)CC1. The Bertz CT molecular complexity index is 511. The quantitative estimate of drug-likeness (QED) is 0.615. The number of carbonyl (C=O) groups excluding carboxylic acids is 2. The van der Waals surface area contributed by atoms with E-state index >= 15 is 0 Å². The fraction of sp³-hybridized carbons (Fsp3) is 0.429. The number of nitrogens with zero attached hydrogens (tertiary/aromatic N) is 1. The van der Waals surface area contributed by atoms with E-state index in [0.717, 1.165) is 0 Å². The van der Waals surface area contributed by atoms with Crippen molar-refractivity contribution in [3.05, 3.63) is 35.6 Å². The number of amides is 1. The first-order valence-electron chi connectivity index (χ1n) is 6.08. The summed E-state index contributed by atoms with van der Waals surface area (Å²) in [6, 6.07) is 6.28. The van der Waals surface area contributed by atoms with Crippen LogP contribution in [0, 0.1) is 11.2 Å². The van der Waals surface area contributed by atoms with Crippen LogP contribution in [0.2, 0.25) is 0 Å². The minimum absolute atomic E-state index is 0.143. The molecule has 0 aliphatic heterocycles. The molecule has 5 heteroatoms. The fourth-order valence-electron chi connectivity index (χ4n) is 2.14. The predicted octanol–water partition coefficient (Wildman–Crippen LogP) is 1.74. The van der Waals surface area contributed by atoms with Crippen LogP contribution in [0.15, 0.2) is 24.3 Å². The Balaban J connectivity index is 2.09. The second-order valence-electron chi connectivity index (χ2n) is 4.83. The van der Waals surface area contributed by atoms with Crippen LogP contribution in [-0.4, -0.2) is 30.9 Å². The lowest BCUT2D eigenvalue weighted by atomic mass is 10.1. The molecule has 1 aromatic rings. The molecule has 0 heterocycles. The fourth-order valence-corrected chi connectivity index (χ4v) is 2.14. The van der Waals surface area contributed by atoms with Gasteiger partial charge in [-0.05, 0) is 18.9 Å². The molecule has 1 aliphatic rings. The van der Waals surface area contributed by atoms with Gasteiger partial charge in [-0.2, -0.15) is 0 Å². The molecule has 1 aliphatic carbocycles. The molecule has 0 aromatic heterocycles. The van der Waals surface area contributed by atoms with Crippen molar-refractivity contribution in [2.24, 2.45) is 5.41 Å². The second-order valence-corrected chi connectivity index (χ2v) is 4.83. The van der Waals surface area contributed by atoms with Gasteiger partial charge >= 0.3 is 5.97 Å². The largest absolute Gasteiger partial charge is 0.468 e. The second kappa shape index (κ2) is 4.99. The molecule has 0 radical (unpaired) electrons. The van der Waals surface area contributed by atoms with Crippen molar-refractivity contribution in [1.82, 2.24) is 4.90 Å². The molecule has 1 fully saturated rings. The summed E-state index contributed by atoms with van der Waals surface area (Å²) in [5.41, 5.74) is -0.603. The van der Waals surface area contributed by atoms with Gasteiger partial charge in [-0.3, -0.25) is 9.59 Å². The number of halogens is 1. The van der Waals surface area contributed by atoms with E-state index in [1.165, 1.54) is 18.1 Å². The number of hydrogen-bond donors (Lipinski definition) is 0. The molecule has 2 rings (SSSR count). The number of benzene rings is 1. The van der Waals surface area contributed by atoms with Crippen molar-refractivity contribution in [2.45, 2.75) is 19.4 Å². The summed E-state index contributed by atoms with van der Waals surface area (Å²) < 4.78 is 18.2. The zero-order valence-electron chi connectivity index (χ0n) is 11.0. The highest BCUT2D eigenvalue weighted by molar-refractivity contribution is 6.05. The van der Waals surface area contributed by atoms with Crippen LogP contribution in [0.1, 0.15) is 18.4 Å². The summed E-state index contributed by atoms with van der Waals surface area (Å²) in [6.07, 6.45) is 1.00. The lowest BCUT2D eigenvalue weighted by Crippen LogP contribution is -2.38. The molecule has 19 heavy (non-hydrogen) atoms. The van der Waals surface area contributed by atoms with Gasteiger partial charge in [-0.1, -0.05) is 18.2 Å². The third-order valence-corrected chi connectivity index (χ3v) is 3.45. The zero-order chi connectivity index (χ0) is 14.0. The van der Waals surface area contributed by atoms with E-state index in [2.05, 4.69) is 4.74 Å². The summed E-state index contributed by atoms with van der Waals surface area (Å²) in [5.74, 6) is -1.16. The van der Waals surface area contributed by atoms with E-state index in [4.69, 9.17) is 0 Å². The van der Waals surface area contributed by atoms with E-state index in [0.29, 0.717) is 18.4 Å². The van der Waals surface area contributed by atoms with Crippen molar-refractivity contribution in [3.8, 4) is 0 Å². The first kappa shape index (κ1) is 13.5. The Kier molecular flexibility index (Phi) is 3.55. The van der Waals surface area contributed by atoms with Gasteiger partial charge in [0.25, 0.3) is 0 Å². The Labute approximate surface area is 111 Å². The van der Waals surface area contributed by atoms with Gasteiger partial charge in [-0.15, -0.1) is 0 Å². The smallest absolute Gasteiger partial charge is 0.321 e. The van der Waals surface area contributed by atoms with Crippen molar-refractivity contribution >= 4 is 11.9 Å². The van der Waals surface area contributed by atoms with Gasteiger partial charge in [-0.25, -0.2) is 4.39 Å². The Morgan fingerprint density at radius 2 is 2.00 bits per heavy atom. The zero-order valence-corrected chi connectivity index (χ0v) is 11.0. The lowest BCUT2D eigenvalue weighted by Gasteiger charge is -2.22. The van der Waals surface area contributed by atoms with Crippen LogP contribution < -0.4 is 0 Å². The Morgan fingerprint density at radius 3 is 2.53 bits per heavy atom. The first-order chi connectivity index (χ1) is 9.01. The third-order valence-electron chi connectivity index (χ3n) is 3.45. The summed E-state index contributed by atoms with van der Waals surface area (Å²) in [7, 11) is 2.84. The summed E-state index contributed by atoms with van der Waals surface area (Å²) >= 11 is 0. The molecule has 1 saturated carbocycles. The molecule has 102 valence electrons. The van der Waals surface area contributed by atoms with Crippen molar-refractivity contribution in [1.29, 1.82) is 0 Å². The normalized spacial score (nSPS) is 15.7. The summed E-state index contributed by atoms with van der Waals surface area (Å²) in [4.78, 5) is 25.2. The number of ether oxygens (including phenoxy) is 1. The molecule has 0 bridgehead atoms. The third kappa shape index (κ3) is 2.45. The minimum atomic E-state index is -1.03. The number of esters is 1. The van der Waals surface area contributed by atoms with Gasteiger partial charge in [0.05, 0.1) is 7.11 Å². The average Bonchev–Trinajstić information content (AvgIpc) is 3.21. The van der Waals surface area contributed by atoms with Crippen molar-refractivity contribution in [2.75, 3.05) is 14.2 Å². The number of hydrogen-bond acceptors (Lipinski definition) is 3. The molecular weight excluding hydrogens is 249 g/mol. The van der Waals surface area contributed by atoms with Gasteiger partial charge in [0, 0.05) is 19.2 Å². The Morgan fingerprint density at radius 1 is 1.37 bits per heavy atom. The van der Waals surface area contributed by atoms with Crippen molar-refractivity contribution < 1.29 is 18.7 Å². The van der Waals surface area contributed by atoms with Crippen LogP contribution in [-0.2, 0) is 20.9 Å². The summed E-state index contributed by atoms with van der Waals surface area (Å²) in [5, 5.41) is 0. The highest BCUT2D eigenvalue weighted by Gasteiger charge is 2.58. The van der Waals surface area contributed by atoms with E-state index < -0.39 is 11.4 Å².